The fourth-order valence-corrected chi connectivity index (χ4v) is 3.09. The minimum atomic E-state index is -0.207. The molecule has 1 aromatic carbocycles. The molecule has 2 N–H and O–H groups in total. The van der Waals surface area contributed by atoms with Gasteiger partial charge in [0.25, 0.3) is 0 Å². The van der Waals surface area contributed by atoms with E-state index in [1.807, 2.05) is 31.3 Å². The van der Waals surface area contributed by atoms with Gasteiger partial charge in [-0.15, -0.1) is 0 Å². The molecule has 2 heterocycles. The SMILES string of the molecule is CCOC(=O)N1CCC(NC(c2ccccc2)c2ncc[nH]2)CC1. The predicted octanol–water partition coefficient (Wildman–Crippen LogP) is 2.71. The second-order valence-electron chi connectivity index (χ2n) is 5.95. The van der Waals surface area contributed by atoms with Crippen LogP contribution >= 0.6 is 0 Å². The molecule has 24 heavy (non-hydrogen) atoms. The van der Waals surface area contributed by atoms with Crippen molar-refractivity contribution in [2.45, 2.75) is 31.8 Å². The lowest BCUT2D eigenvalue weighted by Crippen LogP contribution is -2.46. The average Bonchev–Trinajstić information content (AvgIpc) is 3.15. The highest BCUT2D eigenvalue weighted by Crippen LogP contribution is 2.22. The van der Waals surface area contributed by atoms with Crippen LogP contribution in [0.2, 0.25) is 0 Å². The van der Waals surface area contributed by atoms with Gasteiger partial charge in [0.1, 0.15) is 5.82 Å². The number of nitrogens with one attached hydrogen (secondary N) is 2. The number of benzene rings is 1. The molecule has 1 atom stereocenters. The third-order valence-electron chi connectivity index (χ3n) is 4.35. The van der Waals surface area contributed by atoms with Crippen molar-refractivity contribution in [1.82, 2.24) is 20.2 Å². The van der Waals surface area contributed by atoms with Crippen molar-refractivity contribution in [3.05, 3.63) is 54.1 Å². The Labute approximate surface area is 142 Å². The zero-order valence-electron chi connectivity index (χ0n) is 13.9. The number of ether oxygens (including phenoxy) is 1. The van der Waals surface area contributed by atoms with Gasteiger partial charge in [0.05, 0.1) is 12.6 Å². The van der Waals surface area contributed by atoms with Crippen LogP contribution in [0.25, 0.3) is 0 Å². The lowest BCUT2D eigenvalue weighted by atomic mass is 10.0. The molecule has 0 radical (unpaired) electrons. The quantitative estimate of drug-likeness (QED) is 0.885. The Bertz CT molecular complexity index is 622. The largest absolute Gasteiger partial charge is 0.450 e. The maximum Gasteiger partial charge on any atom is 0.409 e. The van der Waals surface area contributed by atoms with Crippen LogP contribution in [0.1, 0.15) is 37.2 Å². The predicted molar refractivity (Wildman–Crippen MR) is 91.6 cm³/mol. The van der Waals surface area contributed by atoms with Gasteiger partial charge in [-0.2, -0.15) is 0 Å². The lowest BCUT2D eigenvalue weighted by Gasteiger charge is -2.33. The number of carbonyl (C=O) groups excluding carboxylic acids is 1. The fourth-order valence-electron chi connectivity index (χ4n) is 3.09. The summed E-state index contributed by atoms with van der Waals surface area (Å²) in [6.07, 6.45) is 5.22. The van der Waals surface area contributed by atoms with E-state index in [2.05, 4.69) is 27.4 Å². The highest BCUT2D eigenvalue weighted by molar-refractivity contribution is 5.67. The molecular weight excluding hydrogens is 304 g/mol. The molecule has 1 aromatic heterocycles. The van der Waals surface area contributed by atoms with Gasteiger partial charge < -0.3 is 19.9 Å². The fraction of sp³-hybridized carbons (Fsp3) is 0.444. The number of rotatable bonds is 5. The average molecular weight is 328 g/mol. The van der Waals surface area contributed by atoms with Crippen molar-refractivity contribution in [3.8, 4) is 0 Å². The summed E-state index contributed by atoms with van der Waals surface area (Å²) in [5.74, 6) is 0.911. The van der Waals surface area contributed by atoms with E-state index in [0.29, 0.717) is 12.6 Å². The number of aromatic amines is 1. The molecule has 128 valence electrons. The minimum absolute atomic E-state index is 0.0281. The summed E-state index contributed by atoms with van der Waals surface area (Å²) < 4.78 is 5.08. The molecule has 1 unspecified atom stereocenters. The van der Waals surface area contributed by atoms with E-state index in [9.17, 15) is 4.79 Å². The Morgan fingerprint density at radius 1 is 1.38 bits per heavy atom. The summed E-state index contributed by atoms with van der Waals surface area (Å²) >= 11 is 0. The third-order valence-corrected chi connectivity index (χ3v) is 4.35. The highest BCUT2D eigenvalue weighted by atomic mass is 16.6. The van der Waals surface area contributed by atoms with Crippen LogP contribution in [0.5, 0.6) is 0 Å². The molecule has 6 nitrogen and oxygen atoms in total. The number of aromatic nitrogens is 2. The molecule has 0 spiro atoms. The van der Waals surface area contributed by atoms with Crippen molar-refractivity contribution >= 4 is 6.09 Å². The normalized spacial score (nSPS) is 16.8. The molecule has 0 saturated carbocycles. The van der Waals surface area contributed by atoms with E-state index in [-0.39, 0.29) is 12.1 Å². The third kappa shape index (κ3) is 3.94. The summed E-state index contributed by atoms with van der Waals surface area (Å²) in [5, 5.41) is 3.69. The second-order valence-corrected chi connectivity index (χ2v) is 5.95. The van der Waals surface area contributed by atoms with E-state index < -0.39 is 0 Å². The second kappa shape index (κ2) is 7.97. The van der Waals surface area contributed by atoms with Gasteiger partial charge in [-0.05, 0) is 25.3 Å². The summed E-state index contributed by atoms with van der Waals surface area (Å²) in [6, 6.07) is 10.7. The summed E-state index contributed by atoms with van der Waals surface area (Å²) in [7, 11) is 0. The van der Waals surface area contributed by atoms with Gasteiger partial charge in [0.15, 0.2) is 0 Å². The maximum atomic E-state index is 11.8. The van der Waals surface area contributed by atoms with Gasteiger partial charge in [0.2, 0.25) is 0 Å². The van der Waals surface area contributed by atoms with Gasteiger partial charge in [-0.3, -0.25) is 0 Å². The highest BCUT2D eigenvalue weighted by Gasteiger charge is 2.26. The molecule has 1 aliphatic rings. The van der Waals surface area contributed by atoms with E-state index in [1.54, 1.807) is 11.1 Å². The Hall–Kier alpha value is -2.34. The monoisotopic (exact) mass is 328 g/mol. The standard InChI is InChI=1S/C18H24N4O2/c1-2-24-18(23)22-12-8-15(9-13-22)21-16(17-19-10-11-20-17)14-6-4-3-5-7-14/h3-7,10-11,15-16,21H,2,8-9,12-13H2,1H3,(H,19,20). The van der Waals surface area contributed by atoms with E-state index >= 15 is 0 Å². The van der Waals surface area contributed by atoms with Gasteiger partial charge >= 0.3 is 6.09 Å². The number of hydrogen-bond acceptors (Lipinski definition) is 4. The Morgan fingerprint density at radius 2 is 2.12 bits per heavy atom. The first-order chi connectivity index (χ1) is 11.8. The van der Waals surface area contributed by atoms with Crippen LogP contribution in [-0.2, 0) is 4.74 Å². The molecule has 1 saturated heterocycles. The van der Waals surface area contributed by atoms with E-state index in [0.717, 1.165) is 31.8 Å². The zero-order chi connectivity index (χ0) is 16.8. The van der Waals surface area contributed by atoms with Gasteiger partial charge in [-0.25, -0.2) is 9.78 Å². The summed E-state index contributed by atoms with van der Waals surface area (Å²) in [6.45, 7) is 3.69. The van der Waals surface area contributed by atoms with Crippen molar-refractivity contribution in [2.24, 2.45) is 0 Å². The zero-order valence-corrected chi connectivity index (χ0v) is 13.9. The smallest absolute Gasteiger partial charge is 0.409 e. The molecule has 1 amide bonds. The van der Waals surface area contributed by atoms with Crippen LogP contribution in [0, 0.1) is 0 Å². The number of likely N-dealkylation sites (tertiary alicyclic amines) is 1. The molecule has 1 fully saturated rings. The topological polar surface area (TPSA) is 70.2 Å². The van der Waals surface area contributed by atoms with Gasteiger partial charge in [0, 0.05) is 31.5 Å². The number of imidazole rings is 1. The van der Waals surface area contributed by atoms with Gasteiger partial charge in [-0.1, -0.05) is 30.3 Å². The summed E-state index contributed by atoms with van der Waals surface area (Å²) in [5.41, 5.74) is 1.18. The molecule has 3 rings (SSSR count). The number of nitrogens with zero attached hydrogens (tertiary/aromatic N) is 2. The number of piperidine rings is 1. The van der Waals surface area contributed by atoms with Crippen LogP contribution in [-0.4, -0.2) is 46.7 Å². The number of amides is 1. The molecular formula is C18H24N4O2. The van der Waals surface area contributed by atoms with Crippen molar-refractivity contribution in [1.29, 1.82) is 0 Å². The molecule has 0 aliphatic carbocycles. The van der Waals surface area contributed by atoms with E-state index in [1.165, 1.54) is 5.56 Å². The molecule has 6 heteroatoms. The summed E-state index contributed by atoms with van der Waals surface area (Å²) in [4.78, 5) is 21.2. The number of hydrogen-bond donors (Lipinski definition) is 2. The Balaban J connectivity index is 1.64. The van der Waals surface area contributed by atoms with Crippen LogP contribution in [0.4, 0.5) is 4.79 Å². The van der Waals surface area contributed by atoms with Crippen LogP contribution in [0.15, 0.2) is 42.7 Å². The molecule has 1 aliphatic heterocycles. The minimum Gasteiger partial charge on any atom is -0.450 e. The first-order valence-corrected chi connectivity index (χ1v) is 8.50. The van der Waals surface area contributed by atoms with E-state index in [4.69, 9.17) is 4.74 Å². The van der Waals surface area contributed by atoms with Crippen molar-refractivity contribution in [2.75, 3.05) is 19.7 Å². The Morgan fingerprint density at radius 3 is 2.75 bits per heavy atom. The molecule has 0 bridgehead atoms. The van der Waals surface area contributed by atoms with Crippen LogP contribution < -0.4 is 5.32 Å². The Kier molecular flexibility index (Phi) is 5.48. The number of H-pyrrole nitrogens is 1. The molecule has 2 aromatic rings. The maximum absolute atomic E-state index is 11.8. The van der Waals surface area contributed by atoms with Crippen molar-refractivity contribution in [3.63, 3.8) is 0 Å². The lowest BCUT2D eigenvalue weighted by molar-refractivity contribution is 0.0944. The van der Waals surface area contributed by atoms with Crippen LogP contribution in [0.3, 0.4) is 0 Å². The first kappa shape index (κ1) is 16.5. The number of carbonyl (C=O) groups is 1. The van der Waals surface area contributed by atoms with Crippen molar-refractivity contribution < 1.29 is 9.53 Å². The first-order valence-electron chi connectivity index (χ1n) is 8.50.